The van der Waals surface area contributed by atoms with Crippen LogP contribution in [-0.2, 0) is 6.18 Å². The average molecular weight is 238 g/mol. The van der Waals surface area contributed by atoms with E-state index in [1.165, 1.54) is 0 Å². The third kappa shape index (κ3) is 2.23. The Kier molecular flexibility index (Phi) is 3.06. The maximum Gasteiger partial charge on any atom is 0.420 e. The standard InChI is InChI=1S/C9H6F4O3/c1-16-7-5(8(14)15)2-4(10)3-6(7)9(11,12)13/h2-3H,1H3,(H,14,15). The molecule has 16 heavy (non-hydrogen) atoms. The lowest BCUT2D eigenvalue weighted by Crippen LogP contribution is -2.12. The van der Waals surface area contributed by atoms with E-state index in [1.807, 2.05) is 0 Å². The molecule has 0 saturated heterocycles. The first-order valence-electron chi connectivity index (χ1n) is 3.95. The minimum absolute atomic E-state index is 0.186. The quantitative estimate of drug-likeness (QED) is 0.805. The lowest BCUT2D eigenvalue weighted by atomic mass is 10.1. The van der Waals surface area contributed by atoms with Gasteiger partial charge in [0.15, 0.2) is 0 Å². The molecule has 0 aromatic heterocycles. The van der Waals surface area contributed by atoms with Crippen LogP contribution in [0, 0.1) is 5.82 Å². The van der Waals surface area contributed by atoms with Gasteiger partial charge in [0, 0.05) is 0 Å². The molecular formula is C9H6F4O3. The van der Waals surface area contributed by atoms with Crippen LogP contribution in [0.15, 0.2) is 12.1 Å². The van der Waals surface area contributed by atoms with E-state index in [-0.39, 0.29) is 6.07 Å². The number of carbonyl (C=O) groups is 1. The molecule has 0 spiro atoms. The van der Waals surface area contributed by atoms with E-state index >= 15 is 0 Å². The van der Waals surface area contributed by atoms with Gasteiger partial charge in [-0.05, 0) is 12.1 Å². The molecule has 0 saturated carbocycles. The van der Waals surface area contributed by atoms with Crippen LogP contribution in [0.2, 0.25) is 0 Å². The Labute approximate surface area is 87.3 Å². The number of hydrogen-bond donors (Lipinski definition) is 1. The van der Waals surface area contributed by atoms with Crippen LogP contribution in [0.1, 0.15) is 15.9 Å². The van der Waals surface area contributed by atoms with Crippen LogP contribution in [0.4, 0.5) is 17.6 Å². The number of carboxylic acid groups (broad SMARTS) is 1. The molecule has 1 aromatic carbocycles. The number of methoxy groups -OCH3 is 1. The van der Waals surface area contributed by atoms with Gasteiger partial charge in [0.05, 0.1) is 7.11 Å². The second-order valence-electron chi connectivity index (χ2n) is 2.84. The highest BCUT2D eigenvalue weighted by Crippen LogP contribution is 2.38. The van der Waals surface area contributed by atoms with E-state index in [0.29, 0.717) is 6.07 Å². The number of ether oxygens (including phenoxy) is 1. The smallest absolute Gasteiger partial charge is 0.420 e. The first-order valence-corrected chi connectivity index (χ1v) is 3.95. The van der Waals surface area contributed by atoms with Gasteiger partial charge in [-0.25, -0.2) is 9.18 Å². The lowest BCUT2D eigenvalue weighted by Gasteiger charge is -2.13. The number of aromatic carboxylic acids is 1. The van der Waals surface area contributed by atoms with Gasteiger partial charge in [0.25, 0.3) is 0 Å². The molecule has 1 rings (SSSR count). The molecule has 0 aliphatic heterocycles. The summed E-state index contributed by atoms with van der Waals surface area (Å²) in [6, 6.07) is 0.654. The molecule has 0 atom stereocenters. The Morgan fingerprint density at radius 2 is 1.94 bits per heavy atom. The van der Waals surface area contributed by atoms with Gasteiger partial charge in [-0.3, -0.25) is 0 Å². The first-order chi connectivity index (χ1) is 7.27. The highest BCUT2D eigenvalue weighted by atomic mass is 19.4. The maximum atomic E-state index is 12.8. The molecule has 3 nitrogen and oxygen atoms in total. The minimum atomic E-state index is -4.88. The molecule has 0 radical (unpaired) electrons. The molecule has 1 aromatic rings. The summed E-state index contributed by atoms with van der Waals surface area (Å²) in [4.78, 5) is 10.6. The highest BCUT2D eigenvalue weighted by Gasteiger charge is 2.37. The van der Waals surface area contributed by atoms with Gasteiger partial charge in [-0.15, -0.1) is 0 Å². The Balaban J connectivity index is 3.55. The van der Waals surface area contributed by atoms with Crippen molar-refractivity contribution in [2.75, 3.05) is 7.11 Å². The SMILES string of the molecule is COc1c(C(=O)O)cc(F)cc1C(F)(F)F. The second-order valence-corrected chi connectivity index (χ2v) is 2.84. The zero-order valence-electron chi connectivity index (χ0n) is 7.93. The van der Waals surface area contributed by atoms with Gasteiger partial charge >= 0.3 is 12.1 Å². The van der Waals surface area contributed by atoms with Crippen molar-refractivity contribution in [2.45, 2.75) is 6.18 Å². The fourth-order valence-corrected chi connectivity index (χ4v) is 1.18. The normalized spacial score (nSPS) is 11.3. The summed E-state index contributed by atoms with van der Waals surface area (Å²) in [6.07, 6.45) is -4.88. The van der Waals surface area contributed by atoms with E-state index in [1.54, 1.807) is 0 Å². The summed E-state index contributed by atoms with van der Waals surface area (Å²) in [5.41, 5.74) is -2.32. The number of benzene rings is 1. The molecule has 88 valence electrons. The number of hydrogen-bond acceptors (Lipinski definition) is 2. The molecule has 0 aliphatic carbocycles. The topological polar surface area (TPSA) is 46.5 Å². The summed E-state index contributed by atoms with van der Waals surface area (Å²) >= 11 is 0. The van der Waals surface area contributed by atoms with Crippen molar-refractivity contribution in [1.82, 2.24) is 0 Å². The number of carboxylic acids is 1. The van der Waals surface area contributed by atoms with Gasteiger partial charge in [-0.2, -0.15) is 13.2 Å². The number of rotatable bonds is 2. The third-order valence-electron chi connectivity index (χ3n) is 1.79. The second kappa shape index (κ2) is 3.99. The van der Waals surface area contributed by atoms with Gasteiger partial charge in [0.2, 0.25) is 0 Å². The van der Waals surface area contributed by atoms with Gasteiger partial charge in [0.1, 0.15) is 22.7 Å². The van der Waals surface area contributed by atoms with Crippen molar-refractivity contribution in [1.29, 1.82) is 0 Å². The largest absolute Gasteiger partial charge is 0.495 e. The fraction of sp³-hybridized carbons (Fsp3) is 0.222. The molecule has 0 aliphatic rings. The van der Waals surface area contributed by atoms with Crippen LogP contribution in [-0.4, -0.2) is 18.2 Å². The van der Waals surface area contributed by atoms with E-state index < -0.39 is 34.8 Å². The van der Waals surface area contributed by atoms with E-state index in [2.05, 4.69) is 4.74 Å². The predicted octanol–water partition coefficient (Wildman–Crippen LogP) is 2.55. The maximum absolute atomic E-state index is 12.8. The zero-order chi connectivity index (χ0) is 12.5. The highest BCUT2D eigenvalue weighted by molar-refractivity contribution is 5.91. The molecule has 0 heterocycles. The summed E-state index contributed by atoms with van der Waals surface area (Å²) in [5.74, 6) is -3.88. The summed E-state index contributed by atoms with van der Waals surface area (Å²) in [6.45, 7) is 0. The average Bonchev–Trinajstić information content (AvgIpc) is 2.14. The third-order valence-corrected chi connectivity index (χ3v) is 1.79. The van der Waals surface area contributed by atoms with Crippen molar-refractivity contribution in [3.05, 3.63) is 29.1 Å². The number of halogens is 4. The van der Waals surface area contributed by atoms with E-state index in [0.717, 1.165) is 7.11 Å². The van der Waals surface area contributed by atoms with Crippen molar-refractivity contribution >= 4 is 5.97 Å². The van der Waals surface area contributed by atoms with Crippen LogP contribution in [0.25, 0.3) is 0 Å². The Morgan fingerprint density at radius 1 is 1.38 bits per heavy atom. The summed E-state index contributed by atoms with van der Waals surface area (Å²) < 4.78 is 54.4. The lowest BCUT2D eigenvalue weighted by molar-refractivity contribution is -0.139. The summed E-state index contributed by atoms with van der Waals surface area (Å²) in [7, 11) is 0.884. The molecule has 0 fully saturated rings. The van der Waals surface area contributed by atoms with Gasteiger partial charge < -0.3 is 9.84 Å². The van der Waals surface area contributed by atoms with Crippen molar-refractivity contribution in [3.63, 3.8) is 0 Å². The van der Waals surface area contributed by atoms with Crippen LogP contribution in [0.5, 0.6) is 5.75 Å². The number of alkyl halides is 3. The summed E-state index contributed by atoms with van der Waals surface area (Å²) in [5, 5.41) is 8.60. The van der Waals surface area contributed by atoms with Crippen LogP contribution < -0.4 is 4.74 Å². The van der Waals surface area contributed by atoms with Gasteiger partial charge in [-0.1, -0.05) is 0 Å². The molecule has 0 bridgehead atoms. The first kappa shape index (κ1) is 12.3. The Morgan fingerprint density at radius 3 is 2.31 bits per heavy atom. The minimum Gasteiger partial charge on any atom is -0.495 e. The fourth-order valence-electron chi connectivity index (χ4n) is 1.18. The predicted molar refractivity (Wildman–Crippen MR) is 44.9 cm³/mol. The molecule has 1 N–H and O–H groups in total. The van der Waals surface area contributed by atoms with Crippen molar-refractivity contribution in [3.8, 4) is 5.75 Å². The molecule has 7 heteroatoms. The molecule has 0 amide bonds. The zero-order valence-corrected chi connectivity index (χ0v) is 7.93. The molecule has 0 unspecified atom stereocenters. The van der Waals surface area contributed by atoms with Crippen molar-refractivity contribution in [2.24, 2.45) is 0 Å². The van der Waals surface area contributed by atoms with E-state index in [9.17, 15) is 22.4 Å². The van der Waals surface area contributed by atoms with E-state index in [4.69, 9.17) is 5.11 Å². The van der Waals surface area contributed by atoms with Crippen LogP contribution >= 0.6 is 0 Å². The molecular weight excluding hydrogens is 232 g/mol. The monoisotopic (exact) mass is 238 g/mol. The Hall–Kier alpha value is -1.79. The van der Waals surface area contributed by atoms with Crippen LogP contribution in [0.3, 0.4) is 0 Å². The Bertz CT molecular complexity index is 425. The van der Waals surface area contributed by atoms with Crippen molar-refractivity contribution < 1.29 is 32.2 Å².